The first-order valence-electron chi connectivity index (χ1n) is 9.30. The molecule has 0 N–H and O–H groups in total. The van der Waals surface area contributed by atoms with Crippen molar-refractivity contribution in [1.82, 2.24) is 14.7 Å². The van der Waals surface area contributed by atoms with Crippen molar-refractivity contribution in [1.29, 1.82) is 0 Å². The van der Waals surface area contributed by atoms with E-state index in [1.165, 1.54) is 11.8 Å². The summed E-state index contributed by atoms with van der Waals surface area (Å²) in [5.41, 5.74) is 0. The van der Waals surface area contributed by atoms with E-state index in [-0.39, 0.29) is 11.8 Å². The van der Waals surface area contributed by atoms with Gasteiger partial charge in [0.1, 0.15) is 4.32 Å². The highest BCUT2D eigenvalue weighted by molar-refractivity contribution is 8.26. The van der Waals surface area contributed by atoms with Gasteiger partial charge in [-0.25, -0.2) is 0 Å². The van der Waals surface area contributed by atoms with E-state index in [1.807, 2.05) is 28.5 Å². The molecule has 0 saturated carbocycles. The van der Waals surface area contributed by atoms with Crippen LogP contribution in [0.3, 0.4) is 0 Å². The number of rotatable bonds is 7. The van der Waals surface area contributed by atoms with Crippen LogP contribution in [0.1, 0.15) is 30.6 Å². The van der Waals surface area contributed by atoms with Crippen molar-refractivity contribution in [3.05, 3.63) is 27.3 Å². The molecule has 0 unspecified atom stereocenters. The summed E-state index contributed by atoms with van der Waals surface area (Å²) in [6.07, 6.45) is 5.18. The van der Waals surface area contributed by atoms with Gasteiger partial charge in [-0.15, -0.1) is 11.3 Å². The van der Waals surface area contributed by atoms with Gasteiger partial charge in [0.2, 0.25) is 5.91 Å². The highest BCUT2D eigenvalue weighted by Gasteiger charge is 2.31. The predicted octanol–water partition coefficient (Wildman–Crippen LogP) is 3.28. The number of likely N-dealkylation sites (N-methyl/N-ethyl adjacent to an activating group) is 1. The Labute approximate surface area is 174 Å². The number of thiophene rings is 1. The fraction of sp³-hybridized carbons (Fsp3) is 0.526. The lowest BCUT2D eigenvalue weighted by atomic mass is 10.1. The van der Waals surface area contributed by atoms with E-state index in [0.29, 0.717) is 22.2 Å². The highest BCUT2D eigenvalue weighted by Crippen LogP contribution is 2.33. The number of hydrogen-bond donors (Lipinski definition) is 0. The van der Waals surface area contributed by atoms with Crippen LogP contribution < -0.4 is 0 Å². The van der Waals surface area contributed by atoms with Gasteiger partial charge < -0.3 is 9.80 Å². The second-order valence-electron chi connectivity index (χ2n) is 6.84. The summed E-state index contributed by atoms with van der Waals surface area (Å²) in [7, 11) is 2.09. The second kappa shape index (κ2) is 9.82. The highest BCUT2D eigenvalue weighted by atomic mass is 32.2. The number of piperazine rings is 1. The second-order valence-corrected chi connectivity index (χ2v) is 9.50. The van der Waals surface area contributed by atoms with Gasteiger partial charge in [-0.2, -0.15) is 0 Å². The van der Waals surface area contributed by atoms with Crippen LogP contribution >= 0.6 is 35.3 Å². The minimum atomic E-state index is 0.00640. The zero-order chi connectivity index (χ0) is 19.2. The Morgan fingerprint density at radius 1 is 1.22 bits per heavy atom. The fourth-order valence-corrected chi connectivity index (χ4v) is 5.16. The lowest BCUT2D eigenvalue weighted by Crippen LogP contribution is -2.47. The lowest BCUT2D eigenvalue weighted by molar-refractivity contribution is -0.133. The van der Waals surface area contributed by atoms with Gasteiger partial charge in [-0.3, -0.25) is 14.5 Å². The van der Waals surface area contributed by atoms with Crippen molar-refractivity contribution in [2.45, 2.75) is 25.7 Å². The van der Waals surface area contributed by atoms with E-state index in [9.17, 15) is 9.59 Å². The maximum absolute atomic E-state index is 12.5. The molecule has 1 aromatic heterocycles. The molecule has 2 amide bonds. The minimum absolute atomic E-state index is 0.00640. The number of unbranched alkanes of at least 4 members (excludes halogenated alkanes) is 2. The first-order chi connectivity index (χ1) is 13.0. The number of carbonyl (C=O) groups is 2. The van der Waals surface area contributed by atoms with Crippen LogP contribution in [0.2, 0.25) is 0 Å². The fourth-order valence-electron chi connectivity index (χ4n) is 3.13. The van der Waals surface area contributed by atoms with Crippen LogP contribution in [-0.2, 0) is 9.59 Å². The summed E-state index contributed by atoms with van der Waals surface area (Å²) >= 11 is 8.36. The molecule has 2 aliphatic rings. The van der Waals surface area contributed by atoms with Crippen molar-refractivity contribution in [2.75, 3.05) is 39.8 Å². The lowest BCUT2D eigenvalue weighted by Gasteiger charge is -2.32. The first kappa shape index (κ1) is 20.5. The van der Waals surface area contributed by atoms with Crippen LogP contribution in [0.4, 0.5) is 0 Å². The first-order valence-corrected chi connectivity index (χ1v) is 11.4. The van der Waals surface area contributed by atoms with Crippen molar-refractivity contribution < 1.29 is 9.59 Å². The molecule has 2 fully saturated rings. The van der Waals surface area contributed by atoms with Gasteiger partial charge in [0.05, 0.1) is 4.91 Å². The molecule has 0 radical (unpaired) electrons. The van der Waals surface area contributed by atoms with E-state index >= 15 is 0 Å². The molecule has 146 valence electrons. The van der Waals surface area contributed by atoms with E-state index in [1.54, 1.807) is 16.2 Å². The number of thiocarbonyl (C=S) groups is 1. The quantitative estimate of drug-likeness (QED) is 0.383. The molecule has 0 aromatic carbocycles. The number of nitrogens with zero attached hydrogens (tertiary/aromatic N) is 3. The van der Waals surface area contributed by atoms with Crippen molar-refractivity contribution in [2.24, 2.45) is 0 Å². The zero-order valence-corrected chi connectivity index (χ0v) is 18.0. The molecule has 2 aliphatic heterocycles. The molecule has 5 nitrogen and oxygen atoms in total. The molecule has 0 atom stereocenters. The van der Waals surface area contributed by atoms with Gasteiger partial charge in [-0.05, 0) is 37.4 Å². The van der Waals surface area contributed by atoms with Crippen LogP contribution in [0.5, 0.6) is 0 Å². The Bertz CT molecular complexity index is 710. The summed E-state index contributed by atoms with van der Waals surface area (Å²) in [6.45, 7) is 4.22. The molecule has 0 spiro atoms. The molecular weight excluding hydrogens is 398 g/mol. The summed E-state index contributed by atoms with van der Waals surface area (Å²) in [6, 6.07) is 3.97. The van der Waals surface area contributed by atoms with Gasteiger partial charge in [-0.1, -0.05) is 36.5 Å². The van der Waals surface area contributed by atoms with Crippen molar-refractivity contribution in [3.8, 4) is 0 Å². The topological polar surface area (TPSA) is 43.9 Å². The number of thioether (sulfide) groups is 1. The van der Waals surface area contributed by atoms with Gasteiger partial charge in [0.25, 0.3) is 5.91 Å². The Morgan fingerprint density at radius 3 is 2.70 bits per heavy atom. The summed E-state index contributed by atoms with van der Waals surface area (Å²) in [5, 5.41) is 2.00. The molecule has 2 saturated heterocycles. The zero-order valence-electron chi connectivity index (χ0n) is 15.6. The molecule has 3 heterocycles. The van der Waals surface area contributed by atoms with Gasteiger partial charge in [0, 0.05) is 44.0 Å². The molecular formula is C19H25N3O2S3. The van der Waals surface area contributed by atoms with E-state index < -0.39 is 0 Å². The standard InChI is InChI=1S/C19H25N3O2S3/c1-20-9-11-21(12-10-20)17(23)7-3-2-4-8-22-18(24)16(27-19(22)25)14-15-6-5-13-26-15/h5-6,13-14H,2-4,7-12H2,1H3/b16-14+. The van der Waals surface area contributed by atoms with Crippen LogP contribution in [0.25, 0.3) is 6.08 Å². The Kier molecular flexibility index (Phi) is 7.46. The van der Waals surface area contributed by atoms with Crippen molar-refractivity contribution in [3.63, 3.8) is 0 Å². The monoisotopic (exact) mass is 423 g/mol. The van der Waals surface area contributed by atoms with Crippen molar-refractivity contribution >= 4 is 57.5 Å². The number of hydrogen-bond acceptors (Lipinski definition) is 6. The maximum Gasteiger partial charge on any atom is 0.266 e. The van der Waals surface area contributed by atoms with Crippen LogP contribution in [0.15, 0.2) is 22.4 Å². The van der Waals surface area contributed by atoms with E-state index in [2.05, 4.69) is 11.9 Å². The number of carbonyl (C=O) groups excluding carboxylic acids is 2. The third kappa shape index (κ3) is 5.63. The average molecular weight is 424 g/mol. The molecule has 27 heavy (non-hydrogen) atoms. The minimum Gasteiger partial charge on any atom is -0.340 e. The van der Waals surface area contributed by atoms with E-state index in [4.69, 9.17) is 12.2 Å². The SMILES string of the molecule is CN1CCN(C(=O)CCCCCN2C(=O)/C(=C\c3cccs3)SC2=S)CC1. The third-order valence-corrected chi connectivity index (χ3v) is 7.02. The molecule has 0 aliphatic carbocycles. The molecule has 3 rings (SSSR count). The third-order valence-electron chi connectivity index (χ3n) is 4.82. The Morgan fingerprint density at radius 2 is 2.00 bits per heavy atom. The largest absolute Gasteiger partial charge is 0.340 e. The smallest absolute Gasteiger partial charge is 0.266 e. The Balaban J connectivity index is 1.37. The van der Waals surface area contributed by atoms with E-state index in [0.717, 1.165) is 50.3 Å². The maximum atomic E-state index is 12.5. The van der Waals surface area contributed by atoms with Crippen LogP contribution in [0, 0.1) is 0 Å². The molecule has 8 heteroatoms. The van der Waals surface area contributed by atoms with Gasteiger partial charge in [0.15, 0.2) is 0 Å². The summed E-state index contributed by atoms with van der Waals surface area (Å²) < 4.78 is 0.635. The average Bonchev–Trinajstić information content (AvgIpc) is 3.25. The summed E-state index contributed by atoms with van der Waals surface area (Å²) in [4.78, 5) is 32.5. The summed E-state index contributed by atoms with van der Waals surface area (Å²) in [5.74, 6) is 0.263. The number of amides is 2. The van der Waals surface area contributed by atoms with Crippen LogP contribution in [-0.4, -0.2) is 70.6 Å². The molecule has 1 aromatic rings. The Hall–Kier alpha value is -1.22. The van der Waals surface area contributed by atoms with Gasteiger partial charge >= 0.3 is 0 Å². The predicted molar refractivity (Wildman–Crippen MR) is 117 cm³/mol. The normalized spacial score (nSPS) is 20.1. The molecule has 0 bridgehead atoms.